The molecule has 0 radical (unpaired) electrons. The molecule has 0 fully saturated rings. The average Bonchev–Trinajstić information content (AvgIpc) is 3.25. The van der Waals surface area contributed by atoms with E-state index in [0.717, 1.165) is 0 Å². The van der Waals surface area contributed by atoms with Crippen molar-refractivity contribution in [3.63, 3.8) is 0 Å². The van der Waals surface area contributed by atoms with Gasteiger partial charge < -0.3 is 23.4 Å². The van der Waals surface area contributed by atoms with Gasteiger partial charge in [-0.3, -0.25) is 0 Å². The number of benzene rings is 2. The average molecular weight is 479 g/mol. The van der Waals surface area contributed by atoms with Gasteiger partial charge >= 0.3 is 5.97 Å². The van der Waals surface area contributed by atoms with E-state index in [2.05, 4.69) is 0 Å². The summed E-state index contributed by atoms with van der Waals surface area (Å²) in [5.74, 6) is 1.74. The molecule has 0 saturated carbocycles. The third-order valence-electron chi connectivity index (χ3n) is 4.37. The van der Waals surface area contributed by atoms with Crippen LogP contribution in [-0.2, 0) is 11.3 Å². The van der Waals surface area contributed by atoms with Crippen molar-refractivity contribution in [2.45, 2.75) is 27.4 Å². The molecule has 0 amide bonds. The molecule has 0 saturated heterocycles. The molecule has 0 aliphatic rings. The Balaban J connectivity index is 1.77. The van der Waals surface area contributed by atoms with Crippen LogP contribution < -0.4 is 14.2 Å². The van der Waals surface area contributed by atoms with Crippen LogP contribution in [0.25, 0.3) is 11.3 Å². The van der Waals surface area contributed by atoms with Crippen LogP contribution in [0.4, 0.5) is 0 Å². The highest BCUT2D eigenvalue weighted by atomic mass is 35.5. The molecule has 32 heavy (non-hydrogen) atoms. The number of ether oxygens (including phenoxy) is 4. The fraction of sp³-hybridized carbons (Fsp3) is 0.292. The van der Waals surface area contributed by atoms with E-state index < -0.39 is 5.97 Å². The highest BCUT2D eigenvalue weighted by Gasteiger charge is 2.20. The minimum Gasteiger partial charge on any atom is -0.490 e. The summed E-state index contributed by atoms with van der Waals surface area (Å²) in [6.45, 7) is 6.75. The molecule has 0 unspecified atom stereocenters. The molecule has 0 bridgehead atoms. The van der Waals surface area contributed by atoms with Gasteiger partial charge in [0.2, 0.25) is 5.75 Å². The Morgan fingerprint density at radius 3 is 2.19 bits per heavy atom. The van der Waals surface area contributed by atoms with Crippen LogP contribution in [0.1, 0.15) is 36.9 Å². The Kier molecular flexibility index (Phi) is 8.31. The topological polar surface area (TPSA) is 67.1 Å². The van der Waals surface area contributed by atoms with Crippen molar-refractivity contribution >= 4 is 29.2 Å². The van der Waals surface area contributed by atoms with Gasteiger partial charge in [0, 0.05) is 5.56 Å². The maximum absolute atomic E-state index is 12.7. The quantitative estimate of drug-likeness (QED) is 0.298. The first-order chi connectivity index (χ1) is 15.5. The highest BCUT2D eigenvalue weighted by Crippen LogP contribution is 2.39. The van der Waals surface area contributed by atoms with Crippen LogP contribution in [0.5, 0.6) is 17.2 Å². The third kappa shape index (κ3) is 5.50. The zero-order valence-corrected chi connectivity index (χ0v) is 19.6. The first kappa shape index (κ1) is 23.8. The van der Waals surface area contributed by atoms with E-state index in [1.54, 1.807) is 42.5 Å². The molecule has 8 heteroatoms. The van der Waals surface area contributed by atoms with Gasteiger partial charge in [0.05, 0.1) is 35.4 Å². The second-order valence-electron chi connectivity index (χ2n) is 6.54. The smallest absolute Gasteiger partial charge is 0.338 e. The number of hydrogen-bond donors (Lipinski definition) is 0. The van der Waals surface area contributed by atoms with Crippen LogP contribution in [0.15, 0.2) is 46.9 Å². The van der Waals surface area contributed by atoms with Crippen LogP contribution in [0.3, 0.4) is 0 Å². The zero-order valence-electron chi connectivity index (χ0n) is 18.1. The maximum Gasteiger partial charge on any atom is 0.338 e. The molecule has 0 aliphatic carbocycles. The molecular formula is C24H24Cl2O6. The Hall–Kier alpha value is -2.83. The molecule has 0 aliphatic heterocycles. The number of carbonyl (C=O) groups is 1. The molecule has 0 atom stereocenters. The molecule has 3 rings (SSSR count). The molecular weight excluding hydrogens is 455 g/mol. The SMILES string of the molecule is CCOc1cc(C(=O)OCc2ccc(-c3cccc(Cl)c3Cl)o2)cc(OCC)c1OCC. The van der Waals surface area contributed by atoms with Crippen LogP contribution in [0, 0.1) is 0 Å². The molecule has 1 aromatic heterocycles. The van der Waals surface area contributed by atoms with Gasteiger partial charge in [-0.05, 0) is 57.2 Å². The van der Waals surface area contributed by atoms with Gasteiger partial charge in [0.25, 0.3) is 0 Å². The Bertz CT molecular complexity index is 1050. The Morgan fingerprint density at radius 2 is 1.56 bits per heavy atom. The van der Waals surface area contributed by atoms with E-state index in [1.165, 1.54) is 0 Å². The Labute approximate surface area is 196 Å². The predicted octanol–water partition coefficient (Wildman–Crippen LogP) is 6.81. The van der Waals surface area contributed by atoms with Crippen molar-refractivity contribution in [2.24, 2.45) is 0 Å². The van der Waals surface area contributed by atoms with E-state index in [9.17, 15) is 4.79 Å². The fourth-order valence-corrected chi connectivity index (χ4v) is 3.41. The summed E-state index contributed by atoms with van der Waals surface area (Å²) in [4.78, 5) is 12.7. The molecule has 0 N–H and O–H groups in total. The number of carbonyl (C=O) groups excluding carboxylic acids is 1. The molecule has 3 aromatic rings. The first-order valence-electron chi connectivity index (χ1n) is 10.2. The van der Waals surface area contributed by atoms with Gasteiger partial charge in [0.1, 0.15) is 18.1 Å². The fourth-order valence-electron chi connectivity index (χ4n) is 3.02. The van der Waals surface area contributed by atoms with Crippen molar-refractivity contribution in [3.8, 4) is 28.6 Å². The molecule has 6 nitrogen and oxygen atoms in total. The van der Waals surface area contributed by atoms with E-state index in [4.69, 9.17) is 46.6 Å². The summed E-state index contributed by atoms with van der Waals surface area (Å²) in [6.07, 6.45) is 0. The zero-order chi connectivity index (χ0) is 23.1. The number of halogens is 2. The molecule has 0 spiro atoms. The summed E-state index contributed by atoms with van der Waals surface area (Å²) >= 11 is 12.3. The van der Waals surface area contributed by atoms with E-state index in [-0.39, 0.29) is 12.2 Å². The molecule has 2 aromatic carbocycles. The largest absolute Gasteiger partial charge is 0.490 e. The van der Waals surface area contributed by atoms with Gasteiger partial charge in [-0.2, -0.15) is 0 Å². The monoisotopic (exact) mass is 478 g/mol. The lowest BCUT2D eigenvalue weighted by Crippen LogP contribution is -2.08. The highest BCUT2D eigenvalue weighted by molar-refractivity contribution is 6.43. The van der Waals surface area contributed by atoms with Gasteiger partial charge in [-0.25, -0.2) is 4.79 Å². The number of rotatable bonds is 10. The second-order valence-corrected chi connectivity index (χ2v) is 7.33. The number of hydrogen-bond acceptors (Lipinski definition) is 6. The minimum absolute atomic E-state index is 0.0574. The molecule has 1 heterocycles. The van der Waals surface area contributed by atoms with Crippen molar-refractivity contribution in [1.29, 1.82) is 0 Å². The Morgan fingerprint density at radius 1 is 0.906 bits per heavy atom. The van der Waals surface area contributed by atoms with Crippen molar-refractivity contribution < 1.29 is 28.2 Å². The van der Waals surface area contributed by atoms with Crippen LogP contribution >= 0.6 is 23.2 Å². The predicted molar refractivity (Wildman–Crippen MR) is 123 cm³/mol. The lowest BCUT2D eigenvalue weighted by Gasteiger charge is -2.16. The standard InChI is InChI=1S/C24H24Cl2O6/c1-4-28-20-12-15(13-21(29-5-2)23(20)30-6-3)24(27)31-14-16-10-11-19(32-16)17-8-7-9-18(25)22(17)26/h7-13H,4-6,14H2,1-3H3. The number of furan rings is 1. The van der Waals surface area contributed by atoms with Crippen molar-refractivity contribution in [2.75, 3.05) is 19.8 Å². The summed E-state index contributed by atoms with van der Waals surface area (Å²) in [5, 5.41) is 0.826. The summed E-state index contributed by atoms with van der Waals surface area (Å²) < 4.78 is 28.2. The van der Waals surface area contributed by atoms with Crippen molar-refractivity contribution in [3.05, 3.63) is 63.8 Å². The summed E-state index contributed by atoms with van der Waals surface area (Å²) in [7, 11) is 0. The maximum atomic E-state index is 12.7. The van der Waals surface area contributed by atoms with E-state index in [0.29, 0.717) is 64.2 Å². The summed E-state index contributed by atoms with van der Waals surface area (Å²) in [6, 6.07) is 11.9. The lowest BCUT2D eigenvalue weighted by atomic mass is 10.2. The van der Waals surface area contributed by atoms with E-state index >= 15 is 0 Å². The van der Waals surface area contributed by atoms with Gasteiger partial charge in [-0.15, -0.1) is 0 Å². The second kappa shape index (κ2) is 11.2. The number of esters is 1. The van der Waals surface area contributed by atoms with Crippen molar-refractivity contribution in [1.82, 2.24) is 0 Å². The van der Waals surface area contributed by atoms with E-state index in [1.807, 2.05) is 20.8 Å². The summed E-state index contributed by atoms with van der Waals surface area (Å²) in [5.41, 5.74) is 0.941. The van der Waals surface area contributed by atoms with Crippen LogP contribution in [-0.4, -0.2) is 25.8 Å². The van der Waals surface area contributed by atoms with Gasteiger partial charge in [0.15, 0.2) is 11.5 Å². The molecule has 170 valence electrons. The lowest BCUT2D eigenvalue weighted by molar-refractivity contribution is 0.0445. The minimum atomic E-state index is -0.548. The van der Waals surface area contributed by atoms with Crippen LogP contribution in [0.2, 0.25) is 10.0 Å². The first-order valence-corrected chi connectivity index (χ1v) is 11.0. The third-order valence-corrected chi connectivity index (χ3v) is 5.19. The van der Waals surface area contributed by atoms with Gasteiger partial charge in [-0.1, -0.05) is 29.3 Å². The normalized spacial score (nSPS) is 10.7.